The fraction of sp³-hybridized carbons (Fsp3) is 0.333. The molecule has 0 radical (unpaired) electrons. The lowest BCUT2D eigenvalue weighted by Gasteiger charge is -2.34. The Labute approximate surface area is 245 Å². The highest BCUT2D eigenvalue weighted by Gasteiger charge is 2.34. The maximum absolute atomic E-state index is 14.3. The first-order valence-corrected chi connectivity index (χ1v) is 14.5. The molecule has 1 aromatic heterocycles. The molecule has 8 heteroatoms. The van der Waals surface area contributed by atoms with E-state index in [1.165, 1.54) is 6.42 Å². The number of fused-ring (bicyclic) bond motifs is 1. The summed E-state index contributed by atoms with van der Waals surface area (Å²) in [5.74, 6) is 0.629. The van der Waals surface area contributed by atoms with Crippen molar-refractivity contribution in [3.63, 3.8) is 0 Å². The van der Waals surface area contributed by atoms with E-state index >= 15 is 0 Å². The highest BCUT2D eigenvalue weighted by atomic mass is 35.5. The quantitative estimate of drug-likeness (QED) is 0.224. The number of aromatic nitrogens is 1. The lowest BCUT2D eigenvalue weighted by Crippen LogP contribution is -2.47. The van der Waals surface area contributed by atoms with Crippen LogP contribution in [0, 0.1) is 0 Å². The Hall–Kier alpha value is -3.97. The first-order valence-electron chi connectivity index (χ1n) is 14.1. The number of aromatic amines is 1. The number of amides is 2. The van der Waals surface area contributed by atoms with E-state index in [1.54, 1.807) is 37.3 Å². The molecule has 0 saturated heterocycles. The Kier molecular flexibility index (Phi) is 9.14. The molecule has 1 atom stereocenters. The number of carbonyl (C=O) groups is 2. The lowest BCUT2D eigenvalue weighted by atomic mass is 9.94. The highest BCUT2D eigenvalue weighted by molar-refractivity contribution is 6.31. The molecule has 1 fully saturated rings. The highest BCUT2D eigenvalue weighted by Crippen LogP contribution is 2.34. The minimum Gasteiger partial charge on any atom is -0.493 e. The Morgan fingerprint density at radius 1 is 0.951 bits per heavy atom. The molecule has 3 aromatic carbocycles. The van der Waals surface area contributed by atoms with Gasteiger partial charge in [0.2, 0.25) is 11.8 Å². The Bertz CT molecular complexity index is 1510. The summed E-state index contributed by atoms with van der Waals surface area (Å²) in [4.78, 5) is 33.4. The molecule has 1 heterocycles. The summed E-state index contributed by atoms with van der Waals surface area (Å²) in [6, 6.07) is 19.8. The molecule has 1 aliphatic rings. The van der Waals surface area contributed by atoms with Crippen molar-refractivity contribution in [3.8, 4) is 11.5 Å². The van der Waals surface area contributed by atoms with Crippen LogP contribution in [-0.2, 0) is 22.6 Å². The smallest absolute Gasteiger partial charge is 0.247 e. The van der Waals surface area contributed by atoms with Gasteiger partial charge in [0, 0.05) is 34.7 Å². The molecule has 1 aliphatic carbocycles. The first kappa shape index (κ1) is 28.6. The third-order valence-electron chi connectivity index (χ3n) is 7.87. The van der Waals surface area contributed by atoms with E-state index in [-0.39, 0.29) is 30.8 Å². The zero-order valence-electron chi connectivity index (χ0n) is 23.5. The van der Waals surface area contributed by atoms with Gasteiger partial charge in [-0.15, -0.1) is 0 Å². The van der Waals surface area contributed by atoms with Crippen LogP contribution in [0.15, 0.2) is 72.9 Å². The number of nitrogens with one attached hydrogen (secondary N) is 2. The maximum atomic E-state index is 14.3. The second-order valence-corrected chi connectivity index (χ2v) is 10.9. The molecule has 0 unspecified atom stereocenters. The summed E-state index contributed by atoms with van der Waals surface area (Å²) in [5.41, 5.74) is 3.22. The van der Waals surface area contributed by atoms with Gasteiger partial charge in [-0.05, 0) is 53.8 Å². The van der Waals surface area contributed by atoms with Crippen LogP contribution in [0.5, 0.6) is 11.5 Å². The van der Waals surface area contributed by atoms with Gasteiger partial charge in [-0.3, -0.25) is 9.59 Å². The molecular formula is C33H36ClN3O4. The van der Waals surface area contributed by atoms with Crippen LogP contribution in [0.4, 0.5) is 0 Å². The predicted octanol–water partition coefficient (Wildman–Crippen LogP) is 6.60. The number of nitrogens with zero attached hydrogens (tertiary/aromatic N) is 1. The van der Waals surface area contributed by atoms with Crippen molar-refractivity contribution in [2.45, 2.75) is 57.2 Å². The third kappa shape index (κ3) is 6.51. The van der Waals surface area contributed by atoms with Crippen LogP contribution in [0.1, 0.15) is 54.8 Å². The van der Waals surface area contributed by atoms with Crippen molar-refractivity contribution in [2.24, 2.45) is 0 Å². The van der Waals surface area contributed by atoms with Gasteiger partial charge in [-0.1, -0.05) is 73.3 Å². The molecule has 0 bridgehead atoms. The SMILES string of the molecule is COc1ccc([C@@H](C(=O)NC2CCCCC2)N(Cc2ccccc2Cl)C(=O)Cc2c[nH]c3ccccc23)cc1OC. The van der Waals surface area contributed by atoms with Gasteiger partial charge in [0.1, 0.15) is 6.04 Å². The topological polar surface area (TPSA) is 83.7 Å². The number of H-pyrrole nitrogens is 1. The van der Waals surface area contributed by atoms with Gasteiger partial charge in [0.15, 0.2) is 11.5 Å². The van der Waals surface area contributed by atoms with Crippen LogP contribution in [0.3, 0.4) is 0 Å². The van der Waals surface area contributed by atoms with Crippen LogP contribution in [0.2, 0.25) is 5.02 Å². The lowest BCUT2D eigenvalue weighted by molar-refractivity contribution is -0.141. The Morgan fingerprint density at radius 3 is 2.44 bits per heavy atom. The maximum Gasteiger partial charge on any atom is 0.247 e. The number of benzene rings is 3. The van der Waals surface area contributed by atoms with Gasteiger partial charge in [-0.2, -0.15) is 0 Å². The average molecular weight is 574 g/mol. The second kappa shape index (κ2) is 13.1. The zero-order valence-corrected chi connectivity index (χ0v) is 24.2. The number of carbonyl (C=O) groups excluding carboxylic acids is 2. The van der Waals surface area contributed by atoms with Gasteiger partial charge in [0.05, 0.1) is 20.6 Å². The number of rotatable bonds is 10. The number of halogens is 1. The molecule has 5 rings (SSSR count). The molecule has 2 amide bonds. The first-order chi connectivity index (χ1) is 20.0. The second-order valence-electron chi connectivity index (χ2n) is 10.5. The molecule has 0 spiro atoms. The van der Waals surface area contributed by atoms with Crippen LogP contribution in [-0.4, -0.2) is 42.0 Å². The van der Waals surface area contributed by atoms with Crippen LogP contribution < -0.4 is 14.8 Å². The van der Waals surface area contributed by atoms with Crippen LogP contribution >= 0.6 is 11.6 Å². The van der Waals surface area contributed by atoms with Crippen molar-refractivity contribution in [1.82, 2.24) is 15.2 Å². The van der Waals surface area contributed by atoms with E-state index in [4.69, 9.17) is 21.1 Å². The van der Waals surface area contributed by atoms with Gasteiger partial charge < -0.3 is 24.7 Å². The molecule has 7 nitrogen and oxygen atoms in total. The largest absolute Gasteiger partial charge is 0.493 e. The van der Waals surface area contributed by atoms with E-state index < -0.39 is 6.04 Å². The average Bonchev–Trinajstić information content (AvgIpc) is 3.40. The van der Waals surface area contributed by atoms with Crippen molar-refractivity contribution < 1.29 is 19.1 Å². The molecular weight excluding hydrogens is 538 g/mol. The molecule has 214 valence electrons. The number of hydrogen-bond acceptors (Lipinski definition) is 4. The monoisotopic (exact) mass is 573 g/mol. The van der Waals surface area contributed by atoms with E-state index in [0.717, 1.165) is 47.7 Å². The minimum absolute atomic E-state index is 0.0739. The summed E-state index contributed by atoms with van der Waals surface area (Å²) in [5, 5.41) is 4.78. The van der Waals surface area contributed by atoms with Crippen molar-refractivity contribution >= 4 is 34.3 Å². The number of ether oxygens (including phenoxy) is 2. The summed E-state index contributed by atoms with van der Waals surface area (Å²) < 4.78 is 11.0. The summed E-state index contributed by atoms with van der Waals surface area (Å²) >= 11 is 6.59. The van der Waals surface area contributed by atoms with Gasteiger partial charge in [0.25, 0.3) is 0 Å². The molecule has 0 aliphatic heterocycles. The number of methoxy groups -OCH3 is 2. The number of para-hydroxylation sites is 1. The fourth-order valence-electron chi connectivity index (χ4n) is 5.70. The number of hydrogen-bond donors (Lipinski definition) is 2. The molecule has 1 saturated carbocycles. The predicted molar refractivity (Wildman–Crippen MR) is 161 cm³/mol. The van der Waals surface area contributed by atoms with Gasteiger partial charge >= 0.3 is 0 Å². The molecule has 4 aromatic rings. The van der Waals surface area contributed by atoms with E-state index in [2.05, 4.69) is 10.3 Å². The van der Waals surface area contributed by atoms with E-state index in [0.29, 0.717) is 22.1 Å². The Morgan fingerprint density at radius 2 is 1.68 bits per heavy atom. The van der Waals surface area contributed by atoms with Crippen molar-refractivity contribution in [2.75, 3.05) is 14.2 Å². The third-order valence-corrected chi connectivity index (χ3v) is 8.24. The molecule has 2 N–H and O–H groups in total. The van der Waals surface area contributed by atoms with Crippen molar-refractivity contribution in [3.05, 3.63) is 94.6 Å². The summed E-state index contributed by atoms with van der Waals surface area (Å²) in [6.07, 6.45) is 7.17. The Balaban J connectivity index is 1.57. The van der Waals surface area contributed by atoms with Crippen LogP contribution in [0.25, 0.3) is 10.9 Å². The minimum atomic E-state index is -0.911. The molecule has 41 heavy (non-hydrogen) atoms. The summed E-state index contributed by atoms with van der Waals surface area (Å²) in [6.45, 7) is 0.165. The summed E-state index contributed by atoms with van der Waals surface area (Å²) in [7, 11) is 3.13. The fourth-order valence-corrected chi connectivity index (χ4v) is 5.89. The van der Waals surface area contributed by atoms with E-state index in [9.17, 15) is 9.59 Å². The van der Waals surface area contributed by atoms with E-state index in [1.807, 2.05) is 54.7 Å². The van der Waals surface area contributed by atoms with Gasteiger partial charge in [-0.25, -0.2) is 0 Å². The normalized spacial score (nSPS) is 14.4. The standard InChI is InChI=1S/C33H36ClN3O4/c1-40-29-17-16-22(18-30(29)41-2)32(33(39)36-25-11-4-3-5-12-25)37(21-23-10-6-8-14-27(23)34)31(38)19-24-20-35-28-15-9-7-13-26(24)28/h6-10,13-18,20,25,32,35H,3-5,11-12,19,21H2,1-2H3,(H,36,39)/t32-/m0/s1. The van der Waals surface area contributed by atoms with Crippen molar-refractivity contribution in [1.29, 1.82) is 0 Å². The zero-order chi connectivity index (χ0) is 28.8.